The number of hydrogen-bond donors (Lipinski definition) is 2. The maximum Gasteiger partial charge on any atom is 0.200 e. The zero-order valence-electron chi connectivity index (χ0n) is 5.48. The van der Waals surface area contributed by atoms with Gasteiger partial charge in [0.15, 0.2) is 11.6 Å². The quantitative estimate of drug-likeness (QED) is 0.600. The molecule has 0 amide bonds. The van der Waals surface area contributed by atoms with E-state index in [4.69, 9.17) is 5.73 Å². The summed E-state index contributed by atoms with van der Waals surface area (Å²) < 4.78 is 0. The molecule has 2 heterocycles. The minimum atomic E-state index is 0. The summed E-state index contributed by atoms with van der Waals surface area (Å²) in [6, 6.07) is 0. The van der Waals surface area contributed by atoms with Crippen LogP contribution < -0.4 is 5.73 Å². The lowest BCUT2D eigenvalue weighted by Gasteiger charge is -1.79. The zero-order valence-corrected chi connectivity index (χ0v) is 6.30. The monoisotopic (exact) mass is 171 g/mol. The number of imidazole rings is 1. The lowest BCUT2D eigenvalue weighted by atomic mass is 10.6. The van der Waals surface area contributed by atoms with Crippen molar-refractivity contribution in [2.24, 2.45) is 0 Å². The summed E-state index contributed by atoms with van der Waals surface area (Å²) in [6.07, 6.45) is 3.06. The van der Waals surface area contributed by atoms with E-state index in [1.54, 1.807) is 6.20 Å². The molecule has 0 spiro atoms. The first-order chi connectivity index (χ1) is 4.86. The molecule has 5 nitrogen and oxygen atoms in total. The lowest BCUT2D eigenvalue weighted by molar-refractivity contribution is 1.20. The van der Waals surface area contributed by atoms with Gasteiger partial charge in [-0.1, -0.05) is 0 Å². The molecule has 0 saturated heterocycles. The van der Waals surface area contributed by atoms with E-state index in [1.807, 2.05) is 0 Å². The number of H-pyrrole nitrogens is 1. The Kier molecular flexibility index (Phi) is 1.91. The smallest absolute Gasteiger partial charge is 0.200 e. The number of hydrogen-bond acceptors (Lipinski definition) is 4. The third-order valence-corrected chi connectivity index (χ3v) is 1.18. The minimum Gasteiger partial charge on any atom is -0.369 e. The fourth-order valence-corrected chi connectivity index (χ4v) is 0.780. The number of nitrogens with two attached hydrogens (primary N) is 1. The average molecular weight is 172 g/mol. The second kappa shape index (κ2) is 2.71. The van der Waals surface area contributed by atoms with Gasteiger partial charge in [0.2, 0.25) is 0 Å². The molecule has 2 aromatic rings. The van der Waals surface area contributed by atoms with Crippen LogP contribution in [0.2, 0.25) is 0 Å². The Morgan fingerprint density at radius 2 is 2.27 bits per heavy atom. The maximum absolute atomic E-state index is 5.36. The molecule has 0 aromatic carbocycles. The fraction of sp³-hybridized carbons (Fsp3) is 0. The standard InChI is InChI=1S/C5H5N5.ClH/c6-5-9-3-1-7-2-8-4(3)10-5;/h1-2H,(H3,6,7,8,9,10);1H. The van der Waals surface area contributed by atoms with Gasteiger partial charge in [0.05, 0.1) is 6.20 Å². The van der Waals surface area contributed by atoms with Crippen molar-refractivity contribution in [3.8, 4) is 0 Å². The number of nitrogens with one attached hydrogen (secondary N) is 1. The first-order valence-corrected chi connectivity index (χ1v) is 2.77. The molecule has 0 radical (unpaired) electrons. The van der Waals surface area contributed by atoms with E-state index in [2.05, 4.69) is 19.9 Å². The Morgan fingerprint density at radius 3 is 3.00 bits per heavy atom. The number of anilines is 1. The molecule has 11 heavy (non-hydrogen) atoms. The fourth-order valence-electron chi connectivity index (χ4n) is 0.780. The van der Waals surface area contributed by atoms with E-state index in [0.717, 1.165) is 5.52 Å². The summed E-state index contributed by atoms with van der Waals surface area (Å²) in [6.45, 7) is 0. The molecule has 0 unspecified atom stereocenters. The molecular formula is C5H6ClN5. The molecule has 2 aromatic heterocycles. The molecule has 3 N–H and O–H groups in total. The van der Waals surface area contributed by atoms with Crippen LogP contribution >= 0.6 is 12.4 Å². The van der Waals surface area contributed by atoms with Gasteiger partial charge in [-0.2, -0.15) is 4.98 Å². The number of fused-ring (bicyclic) bond motifs is 1. The van der Waals surface area contributed by atoms with E-state index in [1.165, 1.54) is 6.33 Å². The Morgan fingerprint density at radius 1 is 1.45 bits per heavy atom. The molecule has 2 rings (SSSR count). The Bertz CT molecular complexity index is 323. The van der Waals surface area contributed by atoms with Crippen LogP contribution in [-0.2, 0) is 0 Å². The molecule has 0 aliphatic heterocycles. The van der Waals surface area contributed by atoms with Crippen molar-refractivity contribution in [2.75, 3.05) is 5.73 Å². The summed E-state index contributed by atoms with van der Waals surface area (Å²) in [5.74, 6) is 0.371. The summed E-state index contributed by atoms with van der Waals surface area (Å²) in [4.78, 5) is 14.3. The lowest BCUT2D eigenvalue weighted by Crippen LogP contribution is -1.84. The predicted octanol–water partition coefficient (Wildman–Crippen LogP) is 0.357. The van der Waals surface area contributed by atoms with Crippen molar-refractivity contribution >= 4 is 29.5 Å². The van der Waals surface area contributed by atoms with Crippen LogP contribution in [0.3, 0.4) is 0 Å². The number of aromatic amines is 1. The average Bonchev–Trinajstić information content (AvgIpc) is 2.27. The van der Waals surface area contributed by atoms with Crippen LogP contribution in [0.25, 0.3) is 11.2 Å². The van der Waals surface area contributed by atoms with Gasteiger partial charge in [0, 0.05) is 0 Å². The van der Waals surface area contributed by atoms with E-state index >= 15 is 0 Å². The second-order valence-corrected chi connectivity index (χ2v) is 1.88. The van der Waals surface area contributed by atoms with Crippen molar-refractivity contribution in [1.82, 2.24) is 19.9 Å². The van der Waals surface area contributed by atoms with E-state index in [-0.39, 0.29) is 12.4 Å². The highest BCUT2D eigenvalue weighted by Crippen LogP contribution is 2.05. The number of nitrogen functional groups attached to an aromatic ring is 1. The highest BCUT2D eigenvalue weighted by atomic mass is 35.5. The van der Waals surface area contributed by atoms with E-state index in [9.17, 15) is 0 Å². The third-order valence-electron chi connectivity index (χ3n) is 1.18. The van der Waals surface area contributed by atoms with Crippen LogP contribution in [0.4, 0.5) is 5.95 Å². The zero-order chi connectivity index (χ0) is 6.97. The molecular weight excluding hydrogens is 166 g/mol. The SMILES string of the molecule is Cl.Nc1nc2ncncc2[nH]1. The highest BCUT2D eigenvalue weighted by Gasteiger charge is 1.97. The first-order valence-electron chi connectivity index (χ1n) is 2.77. The van der Waals surface area contributed by atoms with Gasteiger partial charge < -0.3 is 10.7 Å². The molecule has 0 aliphatic rings. The Hall–Kier alpha value is -1.36. The topological polar surface area (TPSA) is 80.5 Å². The molecule has 0 fully saturated rings. The Labute approximate surface area is 68.5 Å². The van der Waals surface area contributed by atoms with E-state index < -0.39 is 0 Å². The van der Waals surface area contributed by atoms with Crippen molar-refractivity contribution in [3.05, 3.63) is 12.5 Å². The summed E-state index contributed by atoms with van der Waals surface area (Å²) in [5.41, 5.74) is 6.72. The molecule has 0 aliphatic carbocycles. The number of halogens is 1. The summed E-state index contributed by atoms with van der Waals surface area (Å²) >= 11 is 0. The van der Waals surface area contributed by atoms with Crippen molar-refractivity contribution in [1.29, 1.82) is 0 Å². The maximum atomic E-state index is 5.36. The molecule has 0 saturated carbocycles. The molecule has 0 atom stereocenters. The Balaban J connectivity index is 0.000000605. The predicted molar refractivity (Wildman–Crippen MR) is 43.3 cm³/mol. The van der Waals surface area contributed by atoms with Gasteiger partial charge in [-0.15, -0.1) is 12.4 Å². The largest absolute Gasteiger partial charge is 0.369 e. The normalized spacial score (nSPS) is 9.45. The van der Waals surface area contributed by atoms with Crippen molar-refractivity contribution < 1.29 is 0 Å². The molecule has 0 bridgehead atoms. The summed E-state index contributed by atoms with van der Waals surface area (Å²) in [5, 5.41) is 0. The molecule has 6 heteroatoms. The second-order valence-electron chi connectivity index (χ2n) is 1.88. The van der Waals surface area contributed by atoms with Crippen molar-refractivity contribution in [2.45, 2.75) is 0 Å². The third kappa shape index (κ3) is 1.22. The number of rotatable bonds is 0. The van der Waals surface area contributed by atoms with Gasteiger partial charge in [0.1, 0.15) is 11.8 Å². The first kappa shape index (κ1) is 7.74. The van der Waals surface area contributed by atoms with Crippen LogP contribution in [0.1, 0.15) is 0 Å². The van der Waals surface area contributed by atoms with Crippen LogP contribution in [0, 0.1) is 0 Å². The number of nitrogens with zero attached hydrogens (tertiary/aromatic N) is 3. The van der Waals surface area contributed by atoms with Crippen LogP contribution in [-0.4, -0.2) is 19.9 Å². The van der Waals surface area contributed by atoms with Gasteiger partial charge in [-0.3, -0.25) is 0 Å². The highest BCUT2D eigenvalue weighted by molar-refractivity contribution is 5.85. The van der Waals surface area contributed by atoms with Gasteiger partial charge in [0.25, 0.3) is 0 Å². The number of aromatic nitrogens is 4. The minimum absolute atomic E-state index is 0. The summed E-state index contributed by atoms with van der Waals surface area (Å²) in [7, 11) is 0. The molecule has 58 valence electrons. The van der Waals surface area contributed by atoms with Crippen LogP contribution in [0.15, 0.2) is 12.5 Å². The van der Waals surface area contributed by atoms with Crippen molar-refractivity contribution in [3.63, 3.8) is 0 Å². The van der Waals surface area contributed by atoms with Gasteiger partial charge in [-0.05, 0) is 0 Å². The van der Waals surface area contributed by atoms with Gasteiger partial charge in [-0.25, -0.2) is 9.97 Å². The van der Waals surface area contributed by atoms with Crippen LogP contribution in [0.5, 0.6) is 0 Å². The van der Waals surface area contributed by atoms with E-state index in [0.29, 0.717) is 11.6 Å². The van der Waals surface area contributed by atoms with Gasteiger partial charge >= 0.3 is 0 Å².